The predicted octanol–water partition coefficient (Wildman–Crippen LogP) is 3.74. The Labute approximate surface area is 199 Å². The van der Waals surface area contributed by atoms with Gasteiger partial charge in [-0.05, 0) is 42.7 Å². The molecule has 0 radical (unpaired) electrons. The summed E-state index contributed by atoms with van der Waals surface area (Å²) in [4.78, 5) is 17.6. The molecule has 172 valence electrons. The Balaban J connectivity index is 1.27. The molecule has 0 aliphatic carbocycles. The standard InChI is InChI=1S/C23H27Cl2N3O3S/c24-21-7-6-18(16-22(21)25)17-26-12-14-27(15-13-26)23(29)19-8-10-28(11-9-19)32(30,31)20-4-2-1-3-5-20/h1-7,16,19H,8-15,17H2. The summed E-state index contributed by atoms with van der Waals surface area (Å²) in [6.45, 7) is 4.50. The lowest BCUT2D eigenvalue weighted by Crippen LogP contribution is -2.51. The molecule has 6 nitrogen and oxygen atoms in total. The van der Waals surface area contributed by atoms with Crippen molar-refractivity contribution in [3.8, 4) is 0 Å². The fraction of sp³-hybridized carbons (Fsp3) is 0.435. The van der Waals surface area contributed by atoms with Gasteiger partial charge in [-0.25, -0.2) is 8.42 Å². The maximum absolute atomic E-state index is 13.0. The van der Waals surface area contributed by atoms with Crippen LogP contribution in [-0.4, -0.2) is 67.7 Å². The quantitative estimate of drug-likeness (QED) is 0.633. The molecule has 2 fully saturated rings. The number of amides is 1. The van der Waals surface area contributed by atoms with Crippen molar-refractivity contribution in [2.75, 3.05) is 39.3 Å². The van der Waals surface area contributed by atoms with Crippen LogP contribution < -0.4 is 0 Å². The van der Waals surface area contributed by atoms with Crippen LogP contribution in [0.1, 0.15) is 18.4 Å². The van der Waals surface area contributed by atoms with Gasteiger partial charge in [0.25, 0.3) is 0 Å². The highest BCUT2D eigenvalue weighted by Crippen LogP contribution is 2.26. The van der Waals surface area contributed by atoms with Crippen molar-refractivity contribution in [2.45, 2.75) is 24.3 Å². The minimum absolute atomic E-state index is 0.112. The van der Waals surface area contributed by atoms with Gasteiger partial charge in [0.1, 0.15) is 0 Å². The Hall–Kier alpha value is -1.64. The molecule has 32 heavy (non-hydrogen) atoms. The zero-order valence-corrected chi connectivity index (χ0v) is 20.1. The molecular formula is C23H27Cl2N3O3S. The van der Waals surface area contributed by atoms with Crippen LogP contribution in [0.15, 0.2) is 53.4 Å². The minimum Gasteiger partial charge on any atom is -0.340 e. The molecule has 2 aliphatic heterocycles. The summed E-state index contributed by atoms with van der Waals surface area (Å²) in [5.74, 6) is 0.0368. The van der Waals surface area contributed by atoms with Crippen molar-refractivity contribution in [1.82, 2.24) is 14.1 Å². The number of sulfonamides is 1. The summed E-state index contributed by atoms with van der Waals surface area (Å²) < 4.78 is 27.1. The summed E-state index contributed by atoms with van der Waals surface area (Å²) in [5.41, 5.74) is 1.10. The zero-order chi connectivity index (χ0) is 22.7. The third-order valence-electron chi connectivity index (χ3n) is 6.26. The van der Waals surface area contributed by atoms with Gasteiger partial charge in [-0.3, -0.25) is 9.69 Å². The molecule has 2 aromatic carbocycles. The van der Waals surface area contributed by atoms with Gasteiger partial charge in [0.15, 0.2) is 0 Å². The molecule has 0 N–H and O–H groups in total. The van der Waals surface area contributed by atoms with Crippen LogP contribution in [0, 0.1) is 5.92 Å². The summed E-state index contributed by atoms with van der Waals surface area (Å²) in [6, 6.07) is 14.2. The Morgan fingerprint density at radius 2 is 1.53 bits per heavy atom. The van der Waals surface area contributed by atoms with Crippen molar-refractivity contribution in [2.24, 2.45) is 5.92 Å². The number of halogens is 2. The van der Waals surface area contributed by atoms with E-state index in [2.05, 4.69) is 4.90 Å². The number of carbonyl (C=O) groups excluding carboxylic acids is 1. The number of rotatable bonds is 5. The second-order valence-electron chi connectivity index (χ2n) is 8.34. The SMILES string of the molecule is O=C(C1CCN(S(=O)(=O)c2ccccc2)CC1)N1CCN(Cc2ccc(Cl)c(Cl)c2)CC1. The highest BCUT2D eigenvalue weighted by Gasteiger charge is 2.34. The van der Waals surface area contributed by atoms with E-state index < -0.39 is 10.0 Å². The molecule has 1 amide bonds. The average molecular weight is 496 g/mol. The van der Waals surface area contributed by atoms with Gasteiger partial charge in [-0.2, -0.15) is 4.31 Å². The van der Waals surface area contributed by atoms with E-state index in [1.165, 1.54) is 4.31 Å². The fourth-order valence-electron chi connectivity index (χ4n) is 4.37. The molecule has 2 aliphatic rings. The van der Waals surface area contributed by atoms with E-state index in [4.69, 9.17) is 23.2 Å². The molecule has 0 spiro atoms. The van der Waals surface area contributed by atoms with E-state index in [-0.39, 0.29) is 11.8 Å². The second-order valence-corrected chi connectivity index (χ2v) is 11.1. The monoisotopic (exact) mass is 495 g/mol. The van der Waals surface area contributed by atoms with Crippen LogP contribution in [0.25, 0.3) is 0 Å². The van der Waals surface area contributed by atoms with Crippen molar-refractivity contribution < 1.29 is 13.2 Å². The summed E-state index contributed by atoms with van der Waals surface area (Å²) in [7, 11) is -3.49. The number of carbonyl (C=O) groups is 1. The van der Waals surface area contributed by atoms with Crippen LogP contribution in [-0.2, 0) is 21.4 Å². The normalized spacial score (nSPS) is 19.2. The molecule has 2 heterocycles. The topological polar surface area (TPSA) is 60.9 Å². The number of piperazine rings is 1. The zero-order valence-electron chi connectivity index (χ0n) is 17.8. The first-order valence-corrected chi connectivity index (χ1v) is 13.0. The van der Waals surface area contributed by atoms with Crippen LogP contribution in [0.3, 0.4) is 0 Å². The van der Waals surface area contributed by atoms with Crippen molar-refractivity contribution in [1.29, 1.82) is 0 Å². The highest BCUT2D eigenvalue weighted by molar-refractivity contribution is 7.89. The molecule has 2 aromatic rings. The molecular weight excluding hydrogens is 469 g/mol. The van der Waals surface area contributed by atoms with Gasteiger partial charge in [-0.1, -0.05) is 47.5 Å². The van der Waals surface area contributed by atoms with Gasteiger partial charge >= 0.3 is 0 Å². The van der Waals surface area contributed by atoms with Crippen molar-refractivity contribution >= 4 is 39.1 Å². The molecule has 9 heteroatoms. The van der Waals surface area contributed by atoms with Crippen LogP contribution in [0.5, 0.6) is 0 Å². The highest BCUT2D eigenvalue weighted by atomic mass is 35.5. The largest absolute Gasteiger partial charge is 0.340 e. The van der Waals surface area contributed by atoms with Gasteiger partial charge in [0.2, 0.25) is 15.9 Å². The Bertz CT molecular complexity index is 1050. The van der Waals surface area contributed by atoms with E-state index >= 15 is 0 Å². The Morgan fingerprint density at radius 1 is 0.875 bits per heavy atom. The van der Waals surface area contributed by atoms with Gasteiger partial charge < -0.3 is 4.90 Å². The van der Waals surface area contributed by atoms with Gasteiger partial charge in [0.05, 0.1) is 14.9 Å². The molecule has 0 atom stereocenters. The lowest BCUT2D eigenvalue weighted by molar-refractivity contribution is -0.138. The number of hydrogen-bond acceptors (Lipinski definition) is 4. The van der Waals surface area contributed by atoms with Crippen molar-refractivity contribution in [3.05, 3.63) is 64.1 Å². The summed E-state index contributed by atoms with van der Waals surface area (Å²) in [5, 5.41) is 1.10. The van der Waals surface area contributed by atoms with Crippen LogP contribution in [0.2, 0.25) is 10.0 Å². The average Bonchev–Trinajstić information content (AvgIpc) is 2.82. The minimum atomic E-state index is -3.49. The molecule has 2 saturated heterocycles. The van der Waals surface area contributed by atoms with E-state index in [1.54, 1.807) is 30.3 Å². The maximum Gasteiger partial charge on any atom is 0.243 e. The third kappa shape index (κ3) is 5.29. The molecule has 0 bridgehead atoms. The first kappa shape index (κ1) is 23.5. The number of benzene rings is 2. The molecule has 0 aromatic heterocycles. The van der Waals surface area contributed by atoms with Gasteiger partial charge in [-0.15, -0.1) is 0 Å². The summed E-state index contributed by atoms with van der Waals surface area (Å²) >= 11 is 12.1. The van der Waals surface area contributed by atoms with Crippen LogP contribution in [0.4, 0.5) is 0 Å². The second kappa shape index (κ2) is 10.1. The van der Waals surface area contributed by atoms with E-state index in [0.717, 1.165) is 25.2 Å². The third-order valence-corrected chi connectivity index (χ3v) is 8.91. The molecule has 0 unspecified atom stereocenters. The predicted molar refractivity (Wildman–Crippen MR) is 126 cm³/mol. The maximum atomic E-state index is 13.0. The Kier molecular flexibility index (Phi) is 7.42. The van der Waals surface area contributed by atoms with Gasteiger partial charge in [0, 0.05) is 51.7 Å². The fourth-order valence-corrected chi connectivity index (χ4v) is 6.18. The lowest BCUT2D eigenvalue weighted by Gasteiger charge is -2.38. The molecule has 4 rings (SSSR count). The van der Waals surface area contributed by atoms with E-state index in [0.29, 0.717) is 54.0 Å². The lowest BCUT2D eigenvalue weighted by atomic mass is 9.96. The first-order valence-electron chi connectivity index (χ1n) is 10.8. The number of hydrogen-bond donors (Lipinski definition) is 0. The number of nitrogens with zero attached hydrogens (tertiary/aromatic N) is 3. The smallest absolute Gasteiger partial charge is 0.243 e. The van der Waals surface area contributed by atoms with Crippen LogP contribution >= 0.6 is 23.2 Å². The number of piperidine rings is 1. The van der Waals surface area contributed by atoms with E-state index in [9.17, 15) is 13.2 Å². The Morgan fingerprint density at radius 3 is 2.16 bits per heavy atom. The molecule has 0 saturated carbocycles. The first-order chi connectivity index (χ1) is 15.3. The summed E-state index contributed by atoms with van der Waals surface area (Å²) in [6.07, 6.45) is 1.13. The van der Waals surface area contributed by atoms with Crippen molar-refractivity contribution in [3.63, 3.8) is 0 Å². The van der Waals surface area contributed by atoms with E-state index in [1.807, 2.05) is 23.1 Å².